The molecule has 1 aromatic carbocycles. The number of nitrogen functional groups attached to an aromatic ring is 1. The predicted octanol–water partition coefficient (Wildman–Crippen LogP) is 0.957. The van der Waals surface area contributed by atoms with E-state index in [1.807, 2.05) is 0 Å². The van der Waals surface area contributed by atoms with Gasteiger partial charge in [-0.1, -0.05) is 0 Å². The van der Waals surface area contributed by atoms with Crippen molar-refractivity contribution in [1.82, 2.24) is 0 Å². The van der Waals surface area contributed by atoms with E-state index in [0.717, 1.165) is 11.8 Å². The van der Waals surface area contributed by atoms with E-state index in [9.17, 15) is 8.42 Å². The minimum atomic E-state index is -3.31. The zero-order chi connectivity index (χ0) is 11.6. The number of ether oxygens (including phenoxy) is 1. The Morgan fingerprint density at radius 2 is 2.00 bits per heavy atom. The molecule has 6 heteroatoms. The van der Waals surface area contributed by atoms with Crippen molar-refractivity contribution >= 4 is 21.4 Å². The number of aryl methyl sites for hydroxylation is 1. The van der Waals surface area contributed by atoms with Crippen LogP contribution in [0.25, 0.3) is 0 Å². The van der Waals surface area contributed by atoms with E-state index in [-0.39, 0.29) is 0 Å². The largest absolute Gasteiger partial charge is 0.494 e. The molecule has 0 saturated carbocycles. The van der Waals surface area contributed by atoms with E-state index in [1.54, 1.807) is 19.1 Å². The molecule has 0 aromatic heterocycles. The number of hydrogen-bond acceptors (Lipinski definition) is 4. The minimum Gasteiger partial charge on any atom is -0.494 e. The van der Waals surface area contributed by atoms with E-state index in [1.165, 1.54) is 7.11 Å². The highest BCUT2D eigenvalue weighted by Gasteiger charge is 2.10. The van der Waals surface area contributed by atoms with Gasteiger partial charge in [0, 0.05) is 11.8 Å². The SMILES string of the molecule is COc1cc(N)c(C)cc1NS(C)(=O)=O. The van der Waals surface area contributed by atoms with Gasteiger partial charge in [0.25, 0.3) is 0 Å². The predicted molar refractivity (Wildman–Crippen MR) is 60.6 cm³/mol. The number of rotatable bonds is 3. The lowest BCUT2D eigenvalue weighted by molar-refractivity contribution is 0.417. The van der Waals surface area contributed by atoms with Crippen molar-refractivity contribution in [2.45, 2.75) is 6.92 Å². The molecule has 1 rings (SSSR count). The van der Waals surface area contributed by atoms with Crippen LogP contribution >= 0.6 is 0 Å². The molecule has 15 heavy (non-hydrogen) atoms. The first-order chi connectivity index (χ1) is 6.83. The third-order valence-electron chi connectivity index (χ3n) is 1.88. The molecule has 0 aliphatic rings. The van der Waals surface area contributed by atoms with Crippen molar-refractivity contribution in [2.24, 2.45) is 0 Å². The van der Waals surface area contributed by atoms with Gasteiger partial charge in [-0.3, -0.25) is 4.72 Å². The first kappa shape index (κ1) is 11.6. The van der Waals surface area contributed by atoms with E-state index in [2.05, 4.69) is 4.72 Å². The molecular weight excluding hydrogens is 216 g/mol. The van der Waals surface area contributed by atoms with Gasteiger partial charge >= 0.3 is 0 Å². The number of sulfonamides is 1. The summed E-state index contributed by atoms with van der Waals surface area (Å²) in [6, 6.07) is 3.22. The molecule has 0 aliphatic heterocycles. The van der Waals surface area contributed by atoms with Gasteiger partial charge in [0.15, 0.2) is 0 Å². The molecule has 0 fully saturated rings. The molecule has 84 valence electrons. The maximum atomic E-state index is 11.1. The smallest absolute Gasteiger partial charge is 0.229 e. The van der Waals surface area contributed by atoms with Crippen LogP contribution in [-0.2, 0) is 10.0 Å². The molecule has 3 N–H and O–H groups in total. The van der Waals surface area contributed by atoms with Crippen LogP contribution in [0.1, 0.15) is 5.56 Å². The van der Waals surface area contributed by atoms with Gasteiger partial charge in [0.2, 0.25) is 10.0 Å². The van der Waals surface area contributed by atoms with E-state index >= 15 is 0 Å². The molecule has 0 aliphatic carbocycles. The number of nitrogens with one attached hydrogen (secondary N) is 1. The lowest BCUT2D eigenvalue weighted by Gasteiger charge is -2.12. The fraction of sp³-hybridized carbons (Fsp3) is 0.333. The molecule has 0 bridgehead atoms. The van der Waals surface area contributed by atoms with Crippen LogP contribution in [-0.4, -0.2) is 21.8 Å². The zero-order valence-corrected chi connectivity index (χ0v) is 9.68. The van der Waals surface area contributed by atoms with Crippen LogP contribution in [0.3, 0.4) is 0 Å². The van der Waals surface area contributed by atoms with Gasteiger partial charge in [-0.2, -0.15) is 0 Å². The third kappa shape index (κ3) is 3.02. The van der Waals surface area contributed by atoms with Gasteiger partial charge in [0.1, 0.15) is 5.75 Å². The van der Waals surface area contributed by atoms with E-state index in [0.29, 0.717) is 17.1 Å². The number of methoxy groups -OCH3 is 1. The summed E-state index contributed by atoms with van der Waals surface area (Å²) in [7, 11) is -1.85. The molecule has 0 saturated heterocycles. The van der Waals surface area contributed by atoms with Crippen LogP contribution in [0, 0.1) is 6.92 Å². The van der Waals surface area contributed by atoms with Crippen molar-refractivity contribution in [1.29, 1.82) is 0 Å². The van der Waals surface area contributed by atoms with Crippen molar-refractivity contribution in [3.63, 3.8) is 0 Å². The number of nitrogens with two attached hydrogens (primary N) is 1. The molecule has 1 aromatic rings. The maximum Gasteiger partial charge on any atom is 0.229 e. The minimum absolute atomic E-state index is 0.395. The second kappa shape index (κ2) is 3.98. The number of anilines is 2. The highest BCUT2D eigenvalue weighted by Crippen LogP contribution is 2.30. The van der Waals surface area contributed by atoms with Gasteiger partial charge in [-0.05, 0) is 18.6 Å². The topological polar surface area (TPSA) is 81.4 Å². The van der Waals surface area contributed by atoms with Gasteiger partial charge < -0.3 is 10.5 Å². The van der Waals surface area contributed by atoms with Gasteiger partial charge in [-0.15, -0.1) is 0 Å². The standard InChI is InChI=1S/C9H14N2O3S/c1-6-4-8(11-15(3,12)13)9(14-2)5-7(6)10/h4-5,11H,10H2,1-3H3. The molecular formula is C9H14N2O3S. The molecule has 0 radical (unpaired) electrons. The summed E-state index contributed by atoms with van der Waals surface area (Å²) in [6.07, 6.45) is 1.08. The fourth-order valence-electron chi connectivity index (χ4n) is 1.15. The summed E-state index contributed by atoms with van der Waals surface area (Å²) in [6.45, 7) is 1.79. The Labute approximate surface area is 89.3 Å². The van der Waals surface area contributed by atoms with Crippen molar-refractivity contribution < 1.29 is 13.2 Å². The fourth-order valence-corrected chi connectivity index (χ4v) is 1.71. The average molecular weight is 230 g/mol. The quantitative estimate of drug-likeness (QED) is 0.758. The lowest BCUT2D eigenvalue weighted by Crippen LogP contribution is -2.11. The van der Waals surface area contributed by atoms with Crippen molar-refractivity contribution in [2.75, 3.05) is 23.8 Å². The van der Waals surface area contributed by atoms with Crippen LogP contribution in [0.5, 0.6) is 5.75 Å². The second-order valence-electron chi connectivity index (χ2n) is 3.28. The Kier molecular flexibility index (Phi) is 3.09. The van der Waals surface area contributed by atoms with Gasteiger partial charge in [0.05, 0.1) is 19.1 Å². The maximum absolute atomic E-state index is 11.1. The number of benzene rings is 1. The molecule has 0 amide bonds. The molecule has 0 unspecified atom stereocenters. The summed E-state index contributed by atoms with van der Waals surface area (Å²) in [5.74, 6) is 0.406. The summed E-state index contributed by atoms with van der Waals surface area (Å²) in [5.41, 5.74) is 7.42. The average Bonchev–Trinajstić information content (AvgIpc) is 2.08. The zero-order valence-electron chi connectivity index (χ0n) is 8.87. The van der Waals surface area contributed by atoms with Crippen molar-refractivity contribution in [3.05, 3.63) is 17.7 Å². The lowest BCUT2D eigenvalue weighted by atomic mass is 10.2. The Hall–Kier alpha value is -1.43. The summed E-state index contributed by atoms with van der Waals surface area (Å²) in [4.78, 5) is 0. The second-order valence-corrected chi connectivity index (χ2v) is 5.03. The van der Waals surface area contributed by atoms with E-state index < -0.39 is 10.0 Å². The van der Waals surface area contributed by atoms with Crippen LogP contribution in [0.4, 0.5) is 11.4 Å². The van der Waals surface area contributed by atoms with Crippen molar-refractivity contribution in [3.8, 4) is 5.75 Å². The van der Waals surface area contributed by atoms with Crippen LogP contribution in [0.2, 0.25) is 0 Å². The summed E-state index contributed by atoms with van der Waals surface area (Å²) >= 11 is 0. The summed E-state index contributed by atoms with van der Waals surface area (Å²) in [5, 5.41) is 0. The summed E-state index contributed by atoms with van der Waals surface area (Å²) < 4.78 is 29.5. The normalized spacial score (nSPS) is 11.1. The molecule has 0 atom stereocenters. The van der Waals surface area contributed by atoms with Crippen LogP contribution < -0.4 is 15.2 Å². The van der Waals surface area contributed by atoms with Crippen LogP contribution in [0.15, 0.2) is 12.1 Å². The molecule has 5 nitrogen and oxygen atoms in total. The Morgan fingerprint density at radius 3 is 2.47 bits per heavy atom. The highest BCUT2D eigenvalue weighted by atomic mass is 32.2. The van der Waals surface area contributed by atoms with E-state index in [4.69, 9.17) is 10.5 Å². The number of hydrogen-bond donors (Lipinski definition) is 2. The molecule has 0 spiro atoms. The van der Waals surface area contributed by atoms with Gasteiger partial charge in [-0.25, -0.2) is 8.42 Å². The highest BCUT2D eigenvalue weighted by molar-refractivity contribution is 7.92. The first-order valence-corrected chi connectivity index (χ1v) is 6.14. The molecule has 0 heterocycles. The third-order valence-corrected chi connectivity index (χ3v) is 2.47. The Morgan fingerprint density at radius 1 is 1.40 bits per heavy atom. The first-order valence-electron chi connectivity index (χ1n) is 4.25. The Bertz CT molecular complexity index is 468. The monoisotopic (exact) mass is 230 g/mol. The Balaban J connectivity index is 3.22.